The predicted molar refractivity (Wildman–Crippen MR) is 67.5 cm³/mol. The molecule has 0 aliphatic carbocycles. The molecule has 0 spiro atoms. The van der Waals surface area contributed by atoms with Crippen LogP contribution in [0.15, 0.2) is 36.4 Å². The van der Waals surface area contributed by atoms with E-state index in [0.717, 1.165) is 17.2 Å². The zero-order valence-corrected chi connectivity index (χ0v) is 10.2. The Labute approximate surface area is 105 Å². The van der Waals surface area contributed by atoms with Crippen molar-refractivity contribution >= 4 is 0 Å². The molecule has 0 aliphatic heterocycles. The summed E-state index contributed by atoms with van der Waals surface area (Å²) in [4.78, 5) is 0. The van der Waals surface area contributed by atoms with Gasteiger partial charge in [-0.25, -0.2) is 4.39 Å². The van der Waals surface area contributed by atoms with E-state index in [1.165, 1.54) is 6.07 Å². The fraction of sp³-hybridized carbons (Fsp3) is 0.200. The summed E-state index contributed by atoms with van der Waals surface area (Å²) >= 11 is 0. The van der Waals surface area contributed by atoms with Gasteiger partial charge >= 0.3 is 0 Å². The van der Waals surface area contributed by atoms with Gasteiger partial charge in [-0.05, 0) is 34.7 Å². The van der Waals surface area contributed by atoms with E-state index in [0.29, 0.717) is 11.5 Å². The molecule has 0 heterocycles. The van der Waals surface area contributed by atoms with Gasteiger partial charge in [-0.2, -0.15) is 4.39 Å². The van der Waals surface area contributed by atoms with Crippen LogP contribution in [-0.4, -0.2) is 5.11 Å². The van der Waals surface area contributed by atoms with E-state index in [1.54, 1.807) is 6.07 Å². The second-order valence-corrected chi connectivity index (χ2v) is 4.57. The highest BCUT2D eigenvalue weighted by atomic mass is 19.2. The molecule has 0 fully saturated rings. The molecule has 0 atom stereocenters. The molecule has 0 bridgehead atoms. The molecule has 2 rings (SSSR count). The summed E-state index contributed by atoms with van der Waals surface area (Å²) in [6, 6.07) is 9.89. The number of aromatic hydroxyl groups is 1. The third-order valence-electron chi connectivity index (χ3n) is 2.90. The minimum atomic E-state index is -1.21. The second kappa shape index (κ2) is 4.77. The minimum Gasteiger partial charge on any atom is -0.505 e. The molecule has 0 aromatic heterocycles. The van der Waals surface area contributed by atoms with Gasteiger partial charge in [0.15, 0.2) is 17.4 Å². The van der Waals surface area contributed by atoms with Crippen LogP contribution in [0, 0.1) is 11.6 Å². The molecule has 2 aromatic rings. The van der Waals surface area contributed by atoms with Crippen molar-refractivity contribution in [3.63, 3.8) is 0 Å². The molecule has 0 unspecified atom stereocenters. The number of halogens is 2. The van der Waals surface area contributed by atoms with Gasteiger partial charge < -0.3 is 5.11 Å². The minimum absolute atomic E-state index is 0.351. The van der Waals surface area contributed by atoms with Gasteiger partial charge in [-0.1, -0.05) is 38.1 Å². The topological polar surface area (TPSA) is 20.2 Å². The fourth-order valence-electron chi connectivity index (χ4n) is 1.82. The van der Waals surface area contributed by atoms with Crippen molar-refractivity contribution in [2.45, 2.75) is 19.8 Å². The standard InChI is InChI=1S/C15H14F2O/c1-9(2)10-4-3-5-11(6-10)12-7-13(16)15(17)14(18)8-12/h3-9,18H,1-2H3. The van der Waals surface area contributed by atoms with Gasteiger partial charge in [-0.3, -0.25) is 0 Å². The molecule has 0 amide bonds. The highest BCUT2D eigenvalue weighted by molar-refractivity contribution is 5.66. The van der Waals surface area contributed by atoms with Crippen LogP contribution in [0.25, 0.3) is 11.1 Å². The molecular weight excluding hydrogens is 234 g/mol. The number of hydrogen-bond acceptors (Lipinski definition) is 1. The maximum Gasteiger partial charge on any atom is 0.200 e. The first-order valence-corrected chi connectivity index (χ1v) is 5.77. The van der Waals surface area contributed by atoms with Crippen LogP contribution < -0.4 is 0 Å². The Morgan fingerprint density at radius 3 is 2.33 bits per heavy atom. The second-order valence-electron chi connectivity index (χ2n) is 4.57. The Balaban J connectivity index is 2.52. The summed E-state index contributed by atoms with van der Waals surface area (Å²) in [5.74, 6) is -2.57. The van der Waals surface area contributed by atoms with Gasteiger partial charge in [0.2, 0.25) is 0 Å². The Kier molecular flexibility index (Phi) is 3.32. The normalized spacial score (nSPS) is 10.9. The lowest BCUT2D eigenvalue weighted by molar-refractivity contribution is 0.407. The summed E-state index contributed by atoms with van der Waals surface area (Å²) in [6.45, 7) is 4.11. The molecule has 0 saturated heterocycles. The van der Waals surface area contributed by atoms with E-state index >= 15 is 0 Å². The summed E-state index contributed by atoms with van der Waals surface area (Å²) < 4.78 is 26.3. The maximum absolute atomic E-state index is 13.2. The van der Waals surface area contributed by atoms with Crippen molar-refractivity contribution in [2.24, 2.45) is 0 Å². The van der Waals surface area contributed by atoms with Crippen molar-refractivity contribution in [2.75, 3.05) is 0 Å². The lowest BCUT2D eigenvalue weighted by atomic mass is 9.97. The average molecular weight is 248 g/mol. The molecule has 0 aliphatic rings. The lowest BCUT2D eigenvalue weighted by Crippen LogP contribution is -1.90. The van der Waals surface area contributed by atoms with E-state index in [9.17, 15) is 13.9 Å². The summed E-state index contributed by atoms with van der Waals surface area (Å²) in [6.07, 6.45) is 0. The SMILES string of the molecule is CC(C)c1cccc(-c2cc(O)c(F)c(F)c2)c1. The summed E-state index contributed by atoms with van der Waals surface area (Å²) in [7, 11) is 0. The number of benzene rings is 2. The number of phenols is 1. The van der Waals surface area contributed by atoms with Crippen molar-refractivity contribution < 1.29 is 13.9 Å². The van der Waals surface area contributed by atoms with Crippen LogP contribution in [0.1, 0.15) is 25.3 Å². The van der Waals surface area contributed by atoms with Crippen LogP contribution in [0.3, 0.4) is 0 Å². The van der Waals surface area contributed by atoms with Gasteiger partial charge in [-0.15, -0.1) is 0 Å². The summed E-state index contributed by atoms with van der Waals surface area (Å²) in [5, 5.41) is 9.31. The third-order valence-corrected chi connectivity index (χ3v) is 2.90. The van der Waals surface area contributed by atoms with Gasteiger partial charge in [0.25, 0.3) is 0 Å². The molecule has 18 heavy (non-hydrogen) atoms. The first-order valence-electron chi connectivity index (χ1n) is 5.77. The van der Waals surface area contributed by atoms with Crippen molar-refractivity contribution in [3.05, 3.63) is 53.6 Å². The van der Waals surface area contributed by atoms with Gasteiger partial charge in [0, 0.05) is 0 Å². The highest BCUT2D eigenvalue weighted by Gasteiger charge is 2.11. The maximum atomic E-state index is 13.2. The van der Waals surface area contributed by atoms with Crippen molar-refractivity contribution in [1.82, 2.24) is 0 Å². The molecule has 1 N–H and O–H groups in total. The van der Waals surface area contributed by atoms with Crippen LogP contribution in [0.2, 0.25) is 0 Å². The number of rotatable bonds is 2. The van der Waals surface area contributed by atoms with Gasteiger partial charge in [0.1, 0.15) is 0 Å². The molecule has 3 heteroatoms. The van der Waals surface area contributed by atoms with E-state index in [-0.39, 0.29) is 0 Å². The quantitative estimate of drug-likeness (QED) is 0.831. The van der Waals surface area contributed by atoms with Crippen LogP contribution in [-0.2, 0) is 0 Å². The van der Waals surface area contributed by atoms with Crippen LogP contribution >= 0.6 is 0 Å². The Morgan fingerprint density at radius 2 is 1.72 bits per heavy atom. The molecule has 2 aromatic carbocycles. The Morgan fingerprint density at radius 1 is 1.00 bits per heavy atom. The average Bonchev–Trinajstić information content (AvgIpc) is 2.35. The predicted octanol–water partition coefficient (Wildman–Crippen LogP) is 4.46. The molecular formula is C15H14F2O. The number of hydrogen-bond donors (Lipinski definition) is 1. The largest absolute Gasteiger partial charge is 0.505 e. The van der Waals surface area contributed by atoms with Crippen molar-refractivity contribution in [3.8, 4) is 16.9 Å². The zero-order valence-electron chi connectivity index (χ0n) is 10.2. The Hall–Kier alpha value is -1.90. The molecule has 0 radical (unpaired) electrons. The first-order chi connectivity index (χ1) is 8.49. The Bertz CT molecular complexity index is 553. The van der Waals surface area contributed by atoms with E-state index in [4.69, 9.17) is 0 Å². The smallest absolute Gasteiger partial charge is 0.200 e. The molecule has 1 nitrogen and oxygen atoms in total. The van der Waals surface area contributed by atoms with Gasteiger partial charge in [0.05, 0.1) is 0 Å². The van der Waals surface area contributed by atoms with E-state index in [2.05, 4.69) is 13.8 Å². The molecule has 94 valence electrons. The van der Waals surface area contributed by atoms with Crippen LogP contribution in [0.5, 0.6) is 5.75 Å². The highest BCUT2D eigenvalue weighted by Crippen LogP contribution is 2.29. The zero-order chi connectivity index (χ0) is 13.3. The van der Waals surface area contributed by atoms with Crippen molar-refractivity contribution in [1.29, 1.82) is 0 Å². The fourth-order valence-corrected chi connectivity index (χ4v) is 1.82. The van der Waals surface area contributed by atoms with Crippen LogP contribution in [0.4, 0.5) is 8.78 Å². The monoisotopic (exact) mass is 248 g/mol. The van der Waals surface area contributed by atoms with E-state index < -0.39 is 17.4 Å². The first kappa shape index (κ1) is 12.6. The lowest BCUT2D eigenvalue weighted by Gasteiger charge is -2.09. The van der Waals surface area contributed by atoms with E-state index in [1.807, 2.05) is 18.2 Å². The third kappa shape index (κ3) is 2.35. The number of phenolic OH excluding ortho intramolecular Hbond substituents is 1. The molecule has 0 saturated carbocycles. The summed E-state index contributed by atoms with van der Waals surface area (Å²) in [5.41, 5.74) is 2.33.